The van der Waals surface area contributed by atoms with Crippen LogP contribution in [0.5, 0.6) is 0 Å². The lowest BCUT2D eigenvalue weighted by atomic mass is 10.7. The first-order valence-electron chi connectivity index (χ1n) is 2.14. The maximum Gasteiger partial charge on any atom is 0.459 e. The molecular weight excluding hydrogens is 126 g/mol. The second-order valence-corrected chi connectivity index (χ2v) is 1.16. The number of amides is 1. The number of carbonyl (C=O) groups is 1. The first-order valence-corrected chi connectivity index (χ1v) is 2.14. The normalized spacial score (nSPS) is 8.22. The minimum absolute atomic E-state index is 0.0452. The summed E-state index contributed by atoms with van der Waals surface area (Å²) in [7, 11) is 0. The third-order valence-corrected chi connectivity index (χ3v) is 0.488. The summed E-state index contributed by atoms with van der Waals surface area (Å²) < 4.78 is 4.12. The molecule has 0 bridgehead atoms. The van der Waals surface area contributed by atoms with Gasteiger partial charge < -0.3 is 4.74 Å². The maximum atomic E-state index is 10.1. The van der Waals surface area contributed by atoms with Crippen LogP contribution in [0.25, 0.3) is 0 Å². The highest BCUT2D eigenvalue weighted by atomic mass is 16.8. The molecule has 0 aliphatic heterocycles. The van der Waals surface area contributed by atoms with E-state index in [2.05, 4.69) is 11.3 Å². The Kier molecular flexibility index (Phi) is 3.41. The van der Waals surface area contributed by atoms with E-state index in [0.29, 0.717) is 0 Å². The Balaban J connectivity index is 3.38. The molecule has 0 spiro atoms. The predicted octanol–water partition coefficient (Wildman–Crippen LogP) is 0.389. The van der Waals surface area contributed by atoms with Crippen LogP contribution >= 0.6 is 0 Å². The van der Waals surface area contributed by atoms with Crippen LogP contribution in [0, 0.1) is 0 Å². The van der Waals surface area contributed by atoms with Gasteiger partial charge >= 0.3 is 6.09 Å². The molecule has 0 fully saturated rings. The molecular formula is C4H7NO4. The third kappa shape index (κ3) is 3.51. The van der Waals surface area contributed by atoms with Crippen LogP contribution in [-0.2, 0) is 4.74 Å². The number of rotatable bonds is 2. The minimum Gasteiger partial charge on any atom is -0.442 e. The number of hydroxylamine groups is 2. The fourth-order valence-electron chi connectivity index (χ4n) is 0.188. The summed E-state index contributed by atoms with van der Waals surface area (Å²) in [5.41, 5.74) is 0. The zero-order valence-electron chi connectivity index (χ0n) is 4.65. The van der Waals surface area contributed by atoms with Crippen molar-refractivity contribution in [2.24, 2.45) is 0 Å². The van der Waals surface area contributed by atoms with Crippen molar-refractivity contribution in [3.8, 4) is 0 Å². The second kappa shape index (κ2) is 3.88. The van der Waals surface area contributed by atoms with E-state index in [1.165, 1.54) is 6.08 Å². The quantitative estimate of drug-likeness (QED) is 0.324. The van der Waals surface area contributed by atoms with Gasteiger partial charge in [-0.1, -0.05) is 17.9 Å². The van der Waals surface area contributed by atoms with E-state index in [-0.39, 0.29) is 6.61 Å². The van der Waals surface area contributed by atoms with Crippen LogP contribution in [0.15, 0.2) is 12.7 Å². The SMILES string of the molecule is C=CCOC(=O)N(O)O. The van der Waals surface area contributed by atoms with Gasteiger partial charge in [0.2, 0.25) is 0 Å². The third-order valence-electron chi connectivity index (χ3n) is 0.488. The smallest absolute Gasteiger partial charge is 0.442 e. The number of ether oxygens (including phenoxy) is 1. The number of hydrogen-bond acceptors (Lipinski definition) is 4. The number of carbonyl (C=O) groups excluding carboxylic acids is 1. The van der Waals surface area contributed by atoms with E-state index in [0.717, 1.165) is 0 Å². The van der Waals surface area contributed by atoms with Gasteiger partial charge in [-0.3, -0.25) is 10.4 Å². The van der Waals surface area contributed by atoms with E-state index >= 15 is 0 Å². The minimum atomic E-state index is -1.23. The average Bonchev–Trinajstić information content (AvgIpc) is 1.82. The van der Waals surface area contributed by atoms with Crippen molar-refractivity contribution in [1.29, 1.82) is 0 Å². The summed E-state index contributed by atoms with van der Waals surface area (Å²) >= 11 is 0. The maximum absolute atomic E-state index is 10.1. The van der Waals surface area contributed by atoms with Gasteiger partial charge in [-0.25, -0.2) is 4.79 Å². The summed E-state index contributed by atoms with van der Waals surface area (Å²) in [6.45, 7) is 3.19. The van der Waals surface area contributed by atoms with Gasteiger partial charge in [-0.05, 0) is 0 Å². The lowest BCUT2D eigenvalue weighted by Gasteiger charge is -2.03. The van der Waals surface area contributed by atoms with Crippen LogP contribution in [0.2, 0.25) is 0 Å². The highest BCUT2D eigenvalue weighted by molar-refractivity contribution is 5.64. The lowest BCUT2D eigenvalue weighted by molar-refractivity contribution is -0.271. The molecule has 0 unspecified atom stereocenters. The molecule has 5 heteroatoms. The molecule has 0 aliphatic carbocycles. The molecule has 1 amide bonds. The van der Waals surface area contributed by atoms with Crippen LogP contribution in [0.1, 0.15) is 0 Å². The van der Waals surface area contributed by atoms with Crippen LogP contribution < -0.4 is 0 Å². The number of hydrogen-bond donors (Lipinski definition) is 2. The molecule has 52 valence electrons. The first-order chi connectivity index (χ1) is 4.18. The zero-order chi connectivity index (χ0) is 7.28. The second-order valence-electron chi connectivity index (χ2n) is 1.16. The summed E-state index contributed by atoms with van der Waals surface area (Å²) in [5, 5.41) is 15.2. The van der Waals surface area contributed by atoms with Crippen molar-refractivity contribution in [3.63, 3.8) is 0 Å². The summed E-state index contributed by atoms with van der Waals surface area (Å²) in [6, 6.07) is 0. The van der Waals surface area contributed by atoms with E-state index in [9.17, 15) is 4.79 Å². The molecule has 0 aromatic heterocycles. The molecule has 0 heterocycles. The fourth-order valence-corrected chi connectivity index (χ4v) is 0.188. The van der Waals surface area contributed by atoms with Gasteiger partial charge in [0.1, 0.15) is 6.61 Å². The molecule has 0 atom stereocenters. The van der Waals surface area contributed by atoms with Crippen LogP contribution in [-0.4, -0.2) is 28.3 Å². The molecule has 0 saturated carbocycles. The standard InChI is InChI=1S/C4H7NO4/c1-2-3-9-4(6)5(7)8/h2,7-8H,1,3H2. The summed E-state index contributed by atoms with van der Waals surface area (Å²) in [4.78, 5) is 10.1. The van der Waals surface area contributed by atoms with Gasteiger partial charge in [-0.15, -0.1) is 0 Å². The highest BCUT2D eigenvalue weighted by Crippen LogP contribution is 1.83. The molecule has 0 rings (SSSR count). The Labute approximate surface area is 51.7 Å². The largest absolute Gasteiger partial charge is 0.459 e. The molecule has 0 aliphatic rings. The van der Waals surface area contributed by atoms with E-state index < -0.39 is 11.3 Å². The van der Waals surface area contributed by atoms with Gasteiger partial charge in [-0.2, -0.15) is 0 Å². The van der Waals surface area contributed by atoms with Gasteiger partial charge in [0, 0.05) is 0 Å². The Morgan fingerprint density at radius 2 is 2.33 bits per heavy atom. The molecule has 2 N–H and O–H groups in total. The molecule has 0 radical (unpaired) electrons. The molecule has 9 heavy (non-hydrogen) atoms. The monoisotopic (exact) mass is 133 g/mol. The Hall–Kier alpha value is -1.07. The van der Waals surface area contributed by atoms with Crippen molar-refractivity contribution in [3.05, 3.63) is 12.7 Å². The summed E-state index contributed by atoms with van der Waals surface area (Å²) in [6.07, 6.45) is 0.0800. The van der Waals surface area contributed by atoms with Crippen LogP contribution in [0.4, 0.5) is 4.79 Å². The Bertz CT molecular complexity index is 111. The topological polar surface area (TPSA) is 70.0 Å². The molecule has 0 saturated heterocycles. The van der Waals surface area contributed by atoms with E-state index in [4.69, 9.17) is 10.4 Å². The Morgan fingerprint density at radius 3 is 2.67 bits per heavy atom. The summed E-state index contributed by atoms with van der Waals surface area (Å²) in [5.74, 6) is 0. The highest BCUT2D eigenvalue weighted by Gasteiger charge is 2.05. The lowest BCUT2D eigenvalue weighted by Crippen LogP contribution is -2.24. The fraction of sp³-hybridized carbons (Fsp3) is 0.250. The number of nitrogens with zero attached hydrogens (tertiary/aromatic N) is 1. The Morgan fingerprint density at radius 1 is 1.78 bits per heavy atom. The van der Waals surface area contributed by atoms with E-state index in [1.807, 2.05) is 0 Å². The average molecular weight is 133 g/mol. The molecule has 0 aromatic carbocycles. The molecule has 5 nitrogen and oxygen atoms in total. The van der Waals surface area contributed by atoms with Crippen molar-refractivity contribution in [2.45, 2.75) is 0 Å². The van der Waals surface area contributed by atoms with Gasteiger partial charge in [0.25, 0.3) is 0 Å². The van der Waals surface area contributed by atoms with Gasteiger partial charge in [0.05, 0.1) is 0 Å². The van der Waals surface area contributed by atoms with E-state index in [1.54, 1.807) is 0 Å². The van der Waals surface area contributed by atoms with Crippen molar-refractivity contribution >= 4 is 6.09 Å². The van der Waals surface area contributed by atoms with Crippen LogP contribution in [0.3, 0.4) is 0 Å². The van der Waals surface area contributed by atoms with Crippen molar-refractivity contribution in [2.75, 3.05) is 6.61 Å². The first kappa shape index (κ1) is 7.93. The van der Waals surface area contributed by atoms with Crippen molar-refractivity contribution < 1.29 is 19.9 Å². The molecule has 0 aromatic rings. The predicted molar refractivity (Wildman–Crippen MR) is 27.0 cm³/mol. The van der Waals surface area contributed by atoms with Crippen molar-refractivity contribution in [1.82, 2.24) is 5.23 Å². The zero-order valence-corrected chi connectivity index (χ0v) is 4.65. The van der Waals surface area contributed by atoms with Gasteiger partial charge in [0.15, 0.2) is 0 Å².